The summed E-state index contributed by atoms with van der Waals surface area (Å²) in [5.41, 5.74) is 2.97. The molecule has 3 amide bonds. The summed E-state index contributed by atoms with van der Waals surface area (Å²) < 4.78 is 0. The summed E-state index contributed by atoms with van der Waals surface area (Å²) in [6, 6.07) is 14.0. The van der Waals surface area contributed by atoms with Crippen LogP contribution in [0.15, 0.2) is 48.5 Å². The summed E-state index contributed by atoms with van der Waals surface area (Å²) in [6.45, 7) is 7.64. The van der Waals surface area contributed by atoms with Crippen molar-refractivity contribution in [3.05, 3.63) is 65.2 Å². The van der Waals surface area contributed by atoms with E-state index in [-0.39, 0.29) is 23.6 Å². The highest BCUT2D eigenvalue weighted by Crippen LogP contribution is 2.12. The fourth-order valence-corrected chi connectivity index (χ4v) is 3.04. The van der Waals surface area contributed by atoms with Crippen molar-refractivity contribution < 1.29 is 14.4 Å². The molecule has 6 heteroatoms. The van der Waals surface area contributed by atoms with E-state index in [9.17, 15) is 14.4 Å². The molecule has 2 aromatic rings. The van der Waals surface area contributed by atoms with Gasteiger partial charge in [-0.1, -0.05) is 44.2 Å². The second kappa shape index (κ2) is 10.4. The SMILES string of the molecule is CC(=O)Nc1cccc(CNC(=O)C(CC(C)C)NC(=O)c2ccccc2C)c1. The van der Waals surface area contributed by atoms with Crippen molar-refractivity contribution in [2.45, 2.75) is 46.7 Å². The van der Waals surface area contributed by atoms with Crippen molar-refractivity contribution in [3.8, 4) is 0 Å². The van der Waals surface area contributed by atoms with E-state index < -0.39 is 6.04 Å². The van der Waals surface area contributed by atoms with Crippen molar-refractivity contribution in [2.75, 3.05) is 5.32 Å². The molecule has 0 saturated heterocycles. The third kappa shape index (κ3) is 7.07. The number of hydrogen-bond acceptors (Lipinski definition) is 3. The topological polar surface area (TPSA) is 87.3 Å². The molecular weight excluding hydrogens is 366 g/mol. The van der Waals surface area contributed by atoms with E-state index in [0.717, 1.165) is 11.1 Å². The van der Waals surface area contributed by atoms with Gasteiger partial charge in [-0.25, -0.2) is 0 Å². The maximum absolute atomic E-state index is 12.8. The number of rotatable bonds is 8. The van der Waals surface area contributed by atoms with Gasteiger partial charge < -0.3 is 16.0 Å². The van der Waals surface area contributed by atoms with Crippen LogP contribution in [0.2, 0.25) is 0 Å². The summed E-state index contributed by atoms with van der Waals surface area (Å²) in [4.78, 5) is 36.6. The lowest BCUT2D eigenvalue weighted by atomic mass is 10.0. The monoisotopic (exact) mass is 395 g/mol. The van der Waals surface area contributed by atoms with Gasteiger partial charge in [0.05, 0.1) is 0 Å². The van der Waals surface area contributed by atoms with Crippen molar-refractivity contribution in [1.82, 2.24) is 10.6 Å². The number of aryl methyl sites for hydroxylation is 1. The quantitative estimate of drug-likeness (QED) is 0.640. The highest BCUT2D eigenvalue weighted by Gasteiger charge is 2.23. The molecule has 29 heavy (non-hydrogen) atoms. The van der Waals surface area contributed by atoms with Gasteiger partial charge in [0.2, 0.25) is 11.8 Å². The normalized spacial score (nSPS) is 11.6. The van der Waals surface area contributed by atoms with Crippen LogP contribution in [0.4, 0.5) is 5.69 Å². The lowest BCUT2D eigenvalue weighted by Gasteiger charge is -2.21. The maximum atomic E-state index is 12.8. The molecule has 0 heterocycles. The molecule has 1 unspecified atom stereocenters. The van der Waals surface area contributed by atoms with E-state index in [0.29, 0.717) is 24.2 Å². The van der Waals surface area contributed by atoms with Crippen LogP contribution < -0.4 is 16.0 Å². The Bertz CT molecular complexity index is 877. The number of carbonyl (C=O) groups excluding carboxylic acids is 3. The van der Waals surface area contributed by atoms with Crippen LogP contribution in [0.3, 0.4) is 0 Å². The average molecular weight is 396 g/mol. The lowest BCUT2D eigenvalue weighted by Crippen LogP contribution is -2.47. The maximum Gasteiger partial charge on any atom is 0.252 e. The van der Waals surface area contributed by atoms with Crippen molar-refractivity contribution >= 4 is 23.4 Å². The molecule has 3 N–H and O–H groups in total. The first-order valence-corrected chi connectivity index (χ1v) is 9.77. The summed E-state index contributed by atoms with van der Waals surface area (Å²) >= 11 is 0. The molecule has 0 fully saturated rings. The molecule has 0 spiro atoms. The van der Waals surface area contributed by atoms with Crippen LogP contribution in [-0.2, 0) is 16.1 Å². The first kappa shape index (κ1) is 22.1. The van der Waals surface area contributed by atoms with Crippen molar-refractivity contribution in [2.24, 2.45) is 5.92 Å². The van der Waals surface area contributed by atoms with Gasteiger partial charge in [-0.2, -0.15) is 0 Å². The van der Waals surface area contributed by atoms with Crippen LogP contribution in [-0.4, -0.2) is 23.8 Å². The Hall–Kier alpha value is -3.15. The first-order valence-electron chi connectivity index (χ1n) is 9.77. The van der Waals surface area contributed by atoms with Gasteiger partial charge >= 0.3 is 0 Å². The van der Waals surface area contributed by atoms with E-state index in [4.69, 9.17) is 0 Å². The van der Waals surface area contributed by atoms with Gasteiger partial charge in [0, 0.05) is 24.7 Å². The van der Waals surface area contributed by atoms with Gasteiger partial charge in [-0.3, -0.25) is 14.4 Å². The zero-order valence-electron chi connectivity index (χ0n) is 17.4. The molecule has 2 rings (SSSR count). The fraction of sp³-hybridized carbons (Fsp3) is 0.348. The van der Waals surface area contributed by atoms with Crippen LogP contribution in [0, 0.1) is 12.8 Å². The molecule has 0 bridgehead atoms. The van der Waals surface area contributed by atoms with E-state index in [1.165, 1.54) is 6.92 Å². The van der Waals surface area contributed by atoms with E-state index in [1.54, 1.807) is 12.1 Å². The van der Waals surface area contributed by atoms with E-state index >= 15 is 0 Å². The molecular formula is C23H29N3O3. The molecule has 0 saturated carbocycles. The molecule has 6 nitrogen and oxygen atoms in total. The molecule has 2 aromatic carbocycles. The summed E-state index contributed by atoms with van der Waals surface area (Å²) in [7, 11) is 0. The predicted molar refractivity (Wildman–Crippen MR) is 114 cm³/mol. The Morgan fingerprint density at radius 2 is 1.72 bits per heavy atom. The number of anilines is 1. The van der Waals surface area contributed by atoms with Crippen LogP contribution in [0.25, 0.3) is 0 Å². The Kier molecular flexibility index (Phi) is 7.95. The number of carbonyl (C=O) groups is 3. The molecule has 0 aromatic heterocycles. The highest BCUT2D eigenvalue weighted by atomic mass is 16.2. The van der Waals surface area contributed by atoms with Crippen molar-refractivity contribution in [3.63, 3.8) is 0 Å². The van der Waals surface area contributed by atoms with E-state index in [1.807, 2.05) is 57.2 Å². The minimum atomic E-state index is -0.624. The summed E-state index contributed by atoms with van der Waals surface area (Å²) in [6.07, 6.45) is 0.537. The minimum Gasteiger partial charge on any atom is -0.350 e. The summed E-state index contributed by atoms with van der Waals surface area (Å²) in [5, 5.41) is 8.48. The zero-order chi connectivity index (χ0) is 21.4. The first-order chi connectivity index (χ1) is 13.8. The molecule has 0 radical (unpaired) electrons. The third-order valence-electron chi connectivity index (χ3n) is 4.43. The zero-order valence-corrected chi connectivity index (χ0v) is 17.4. The molecule has 1 atom stereocenters. The second-order valence-electron chi connectivity index (χ2n) is 7.57. The Morgan fingerprint density at radius 3 is 2.38 bits per heavy atom. The smallest absolute Gasteiger partial charge is 0.252 e. The van der Waals surface area contributed by atoms with Gasteiger partial charge in [0.15, 0.2) is 0 Å². The van der Waals surface area contributed by atoms with Crippen LogP contribution in [0.1, 0.15) is 48.7 Å². The van der Waals surface area contributed by atoms with Crippen molar-refractivity contribution in [1.29, 1.82) is 0 Å². The number of nitrogens with one attached hydrogen (secondary N) is 3. The van der Waals surface area contributed by atoms with Gasteiger partial charge in [0.1, 0.15) is 6.04 Å². The largest absolute Gasteiger partial charge is 0.350 e. The van der Waals surface area contributed by atoms with E-state index in [2.05, 4.69) is 16.0 Å². The van der Waals surface area contributed by atoms with Crippen LogP contribution in [0.5, 0.6) is 0 Å². The Labute approximate surface area is 172 Å². The number of benzene rings is 2. The van der Waals surface area contributed by atoms with Gasteiger partial charge in [0.25, 0.3) is 5.91 Å². The third-order valence-corrected chi connectivity index (χ3v) is 4.43. The standard InChI is InChI=1S/C23H29N3O3/c1-15(2)12-21(26-22(28)20-11-6-5-8-16(20)3)23(29)24-14-18-9-7-10-19(13-18)25-17(4)27/h5-11,13,15,21H,12,14H2,1-4H3,(H,24,29)(H,25,27)(H,26,28). The molecule has 154 valence electrons. The average Bonchev–Trinajstić information content (AvgIpc) is 2.65. The molecule has 0 aliphatic heterocycles. The number of amides is 3. The summed E-state index contributed by atoms with van der Waals surface area (Å²) in [5.74, 6) is -0.393. The van der Waals surface area contributed by atoms with Gasteiger partial charge in [-0.05, 0) is 48.6 Å². The molecule has 0 aliphatic rings. The number of hydrogen-bond donors (Lipinski definition) is 3. The second-order valence-corrected chi connectivity index (χ2v) is 7.57. The minimum absolute atomic E-state index is 0.151. The molecule has 0 aliphatic carbocycles. The fourth-order valence-electron chi connectivity index (χ4n) is 3.04. The van der Waals surface area contributed by atoms with Gasteiger partial charge in [-0.15, -0.1) is 0 Å². The predicted octanol–water partition coefficient (Wildman–Crippen LogP) is 3.41. The lowest BCUT2D eigenvalue weighted by molar-refractivity contribution is -0.123. The van der Waals surface area contributed by atoms with Crippen LogP contribution >= 0.6 is 0 Å². The Morgan fingerprint density at radius 1 is 1.00 bits per heavy atom. The Balaban J connectivity index is 2.04. The highest BCUT2D eigenvalue weighted by molar-refractivity contribution is 5.98.